The van der Waals surface area contributed by atoms with Crippen molar-refractivity contribution in [2.24, 2.45) is 0 Å². The van der Waals surface area contributed by atoms with Crippen LogP contribution in [0.25, 0.3) is 33.4 Å². The van der Waals surface area contributed by atoms with Gasteiger partial charge >= 0.3 is 0 Å². The van der Waals surface area contributed by atoms with E-state index in [0.29, 0.717) is 0 Å². The zero-order valence-electron chi connectivity index (χ0n) is 19.6. The third-order valence-corrected chi connectivity index (χ3v) is 7.57. The van der Waals surface area contributed by atoms with Gasteiger partial charge in [0.1, 0.15) is 0 Å². The number of aryl methyl sites for hydroxylation is 2. The molecule has 0 aromatic heterocycles. The predicted octanol–water partition coefficient (Wildman–Crippen LogP) is 8.56. The number of rotatable bonds is 3. The predicted molar refractivity (Wildman–Crippen MR) is 142 cm³/mol. The standard InChI is InChI=1S/C33H28/c1-20-7-5-9-28-30(20)18-26-13-11-24(16-32(26)28)22(3)15-23(4)25-12-14-27-19-31-21(2)8-6-10-29(31)33(27)17-25/h5-17H,3,18-19H2,1-2,4H3/b23-15+. The summed E-state index contributed by atoms with van der Waals surface area (Å²) in [5, 5.41) is 0. The van der Waals surface area contributed by atoms with Crippen LogP contribution in [-0.2, 0) is 12.8 Å². The maximum Gasteiger partial charge on any atom is -0.00108 e. The van der Waals surface area contributed by atoms with Crippen LogP contribution in [0.1, 0.15) is 51.4 Å². The number of hydrogen-bond acceptors (Lipinski definition) is 0. The summed E-state index contributed by atoms with van der Waals surface area (Å²) in [6.07, 6.45) is 4.32. The molecule has 0 spiro atoms. The molecule has 6 rings (SSSR count). The lowest BCUT2D eigenvalue weighted by atomic mass is 9.95. The number of allylic oxidation sites excluding steroid dienone is 3. The molecule has 0 heterocycles. The van der Waals surface area contributed by atoms with Gasteiger partial charge in [0.25, 0.3) is 0 Å². The van der Waals surface area contributed by atoms with Crippen LogP contribution in [-0.4, -0.2) is 0 Å². The van der Waals surface area contributed by atoms with Gasteiger partial charge in [0.2, 0.25) is 0 Å². The molecule has 0 N–H and O–H groups in total. The summed E-state index contributed by atoms with van der Waals surface area (Å²) in [6.45, 7) is 11.1. The van der Waals surface area contributed by atoms with Gasteiger partial charge in [0.15, 0.2) is 0 Å². The average Bonchev–Trinajstić information content (AvgIpc) is 3.38. The smallest absolute Gasteiger partial charge is 0.00108 e. The molecule has 0 radical (unpaired) electrons. The van der Waals surface area contributed by atoms with E-state index in [1.165, 1.54) is 72.3 Å². The first-order chi connectivity index (χ1) is 16.0. The van der Waals surface area contributed by atoms with Crippen molar-refractivity contribution in [1.29, 1.82) is 0 Å². The molecule has 0 heteroatoms. The van der Waals surface area contributed by atoms with Gasteiger partial charge in [-0.25, -0.2) is 0 Å². The minimum Gasteiger partial charge on any atom is -0.0911 e. The molecular formula is C33H28. The molecule has 0 aliphatic heterocycles. The Labute approximate surface area is 196 Å². The Morgan fingerprint density at radius 1 is 0.667 bits per heavy atom. The van der Waals surface area contributed by atoms with Gasteiger partial charge in [-0.1, -0.05) is 73.3 Å². The minimum atomic E-state index is 1.04. The first-order valence-corrected chi connectivity index (χ1v) is 11.8. The van der Waals surface area contributed by atoms with E-state index in [0.717, 1.165) is 18.4 Å². The number of fused-ring (bicyclic) bond motifs is 6. The summed E-state index contributed by atoms with van der Waals surface area (Å²) in [5.41, 5.74) is 18.9. The molecule has 4 aromatic rings. The minimum absolute atomic E-state index is 1.04. The van der Waals surface area contributed by atoms with Gasteiger partial charge in [0, 0.05) is 0 Å². The first kappa shape index (κ1) is 20.0. The van der Waals surface area contributed by atoms with Crippen molar-refractivity contribution >= 4 is 11.1 Å². The maximum absolute atomic E-state index is 4.43. The van der Waals surface area contributed by atoms with Crippen LogP contribution in [0.2, 0.25) is 0 Å². The van der Waals surface area contributed by atoms with Gasteiger partial charge in [-0.15, -0.1) is 0 Å². The molecule has 160 valence electrons. The van der Waals surface area contributed by atoms with Gasteiger partial charge in [0.05, 0.1) is 0 Å². The van der Waals surface area contributed by atoms with Gasteiger partial charge in [-0.3, -0.25) is 0 Å². The van der Waals surface area contributed by atoms with Crippen LogP contribution in [0.5, 0.6) is 0 Å². The molecule has 0 saturated carbocycles. The fraction of sp³-hybridized carbons (Fsp3) is 0.152. The zero-order valence-corrected chi connectivity index (χ0v) is 19.6. The Hall–Kier alpha value is -3.64. The van der Waals surface area contributed by atoms with E-state index in [9.17, 15) is 0 Å². The second-order valence-electron chi connectivity index (χ2n) is 9.65. The van der Waals surface area contributed by atoms with E-state index in [1.54, 1.807) is 0 Å². The molecule has 2 aliphatic rings. The van der Waals surface area contributed by atoms with Crippen LogP contribution in [0.4, 0.5) is 0 Å². The molecular weight excluding hydrogens is 396 g/mol. The molecule has 0 fully saturated rings. The first-order valence-electron chi connectivity index (χ1n) is 11.8. The average molecular weight is 425 g/mol. The van der Waals surface area contributed by atoms with E-state index in [-0.39, 0.29) is 0 Å². The van der Waals surface area contributed by atoms with E-state index >= 15 is 0 Å². The van der Waals surface area contributed by atoms with Gasteiger partial charge < -0.3 is 0 Å². The summed E-state index contributed by atoms with van der Waals surface area (Å²) in [5.74, 6) is 0. The quantitative estimate of drug-likeness (QED) is 0.250. The molecule has 2 aliphatic carbocycles. The molecule has 4 aromatic carbocycles. The van der Waals surface area contributed by atoms with E-state index in [1.807, 2.05) is 0 Å². The van der Waals surface area contributed by atoms with Crippen molar-refractivity contribution in [2.45, 2.75) is 33.6 Å². The summed E-state index contributed by atoms with van der Waals surface area (Å²) in [7, 11) is 0. The Balaban J connectivity index is 1.33. The third-order valence-electron chi connectivity index (χ3n) is 7.57. The van der Waals surface area contributed by atoms with E-state index in [4.69, 9.17) is 0 Å². The normalized spacial score (nSPS) is 13.4. The van der Waals surface area contributed by atoms with Crippen LogP contribution in [0.3, 0.4) is 0 Å². The van der Waals surface area contributed by atoms with Crippen LogP contribution in [0, 0.1) is 13.8 Å². The molecule has 0 nitrogen and oxygen atoms in total. The summed E-state index contributed by atoms with van der Waals surface area (Å²) in [4.78, 5) is 0. The topological polar surface area (TPSA) is 0 Å². The second kappa shape index (κ2) is 7.46. The fourth-order valence-corrected chi connectivity index (χ4v) is 5.60. The van der Waals surface area contributed by atoms with E-state index in [2.05, 4.69) is 106 Å². The third kappa shape index (κ3) is 3.21. The Morgan fingerprint density at radius 3 is 1.76 bits per heavy atom. The summed E-state index contributed by atoms with van der Waals surface area (Å²) < 4.78 is 0. The lowest BCUT2D eigenvalue weighted by molar-refractivity contribution is 1.22. The molecule has 0 bridgehead atoms. The highest BCUT2D eigenvalue weighted by Crippen LogP contribution is 2.41. The second-order valence-corrected chi connectivity index (χ2v) is 9.65. The molecule has 0 amide bonds. The van der Waals surface area contributed by atoms with Crippen molar-refractivity contribution in [3.8, 4) is 22.3 Å². The fourth-order valence-electron chi connectivity index (χ4n) is 5.60. The van der Waals surface area contributed by atoms with Crippen LogP contribution in [0.15, 0.2) is 85.5 Å². The Kier molecular flexibility index (Phi) is 4.52. The largest absolute Gasteiger partial charge is 0.0911 e. The lowest BCUT2D eigenvalue weighted by Gasteiger charge is -2.10. The highest BCUT2D eigenvalue weighted by molar-refractivity contribution is 5.88. The van der Waals surface area contributed by atoms with Crippen molar-refractivity contribution in [2.75, 3.05) is 0 Å². The van der Waals surface area contributed by atoms with Crippen molar-refractivity contribution in [3.05, 3.63) is 130 Å². The zero-order chi connectivity index (χ0) is 22.7. The van der Waals surface area contributed by atoms with Gasteiger partial charge in [-0.05, 0) is 124 Å². The van der Waals surface area contributed by atoms with Crippen molar-refractivity contribution < 1.29 is 0 Å². The molecule has 0 unspecified atom stereocenters. The number of benzene rings is 4. The SMILES string of the molecule is C=C(/C=C(\C)c1ccc2c(c1)-c1cccc(C)c1C2)c1ccc2c(c1)-c1cccc(C)c1C2. The summed E-state index contributed by atoms with van der Waals surface area (Å²) in [6, 6.07) is 27.1. The van der Waals surface area contributed by atoms with Crippen molar-refractivity contribution in [3.63, 3.8) is 0 Å². The Bertz CT molecular complexity index is 1490. The van der Waals surface area contributed by atoms with E-state index < -0.39 is 0 Å². The van der Waals surface area contributed by atoms with Crippen molar-refractivity contribution in [1.82, 2.24) is 0 Å². The molecule has 33 heavy (non-hydrogen) atoms. The van der Waals surface area contributed by atoms with Gasteiger partial charge in [-0.2, -0.15) is 0 Å². The Morgan fingerprint density at radius 2 is 1.18 bits per heavy atom. The lowest BCUT2D eigenvalue weighted by Crippen LogP contribution is -1.88. The molecule has 0 saturated heterocycles. The van der Waals surface area contributed by atoms with Crippen LogP contribution >= 0.6 is 0 Å². The highest BCUT2D eigenvalue weighted by Gasteiger charge is 2.21. The maximum atomic E-state index is 4.43. The highest BCUT2D eigenvalue weighted by atomic mass is 14.3. The monoisotopic (exact) mass is 424 g/mol. The molecule has 0 atom stereocenters. The number of hydrogen-bond donors (Lipinski definition) is 0. The summed E-state index contributed by atoms with van der Waals surface area (Å²) >= 11 is 0. The van der Waals surface area contributed by atoms with Crippen LogP contribution < -0.4 is 0 Å².